The normalized spacial score (nSPS) is 11.8. The van der Waals surface area contributed by atoms with Gasteiger partial charge in [0.1, 0.15) is 11.4 Å². The molecule has 3 aromatic rings. The van der Waals surface area contributed by atoms with Crippen molar-refractivity contribution in [1.82, 2.24) is 4.98 Å². The number of rotatable bonds is 11. The predicted octanol–water partition coefficient (Wildman–Crippen LogP) is 6.12. The maximum Gasteiger partial charge on any atom is 0.335 e. The fourth-order valence-corrected chi connectivity index (χ4v) is 4.79. The summed E-state index contributed by atoms with van der Waals surface area (Å²) in [5.74, 6) is -1.17. The van der Waals surface area contributed by atoms with E-state index in [2.05, 4.69) is 11.9 Å². The van der Waals surface area contributed by atoms with E-state index in [4.69, 9.17) is 11.6 Å². The summed E-state index contributed by atoms with van der Waals surface area (Å²) in [5, 5.41) is 10.1. The first-order valence-electron chi connectivity index (χ1n) is 11.1. The first kappa shape index (κ1) is 25.7. The van der Waals surface area contributed by atoms with Crippen LogP contribution in [-0.2, 0) is 11.2 Å². The first-order chi connectivity index (χ1) is 16.3. The molecule has 6 nitrogen and oxygen atoms in total. The Kier molecular flexibility index (Phi) is 9.10. The molecule has 1 atom stereocenters. The Balaban J connectivity index is 1.81. The number of unbranched alkanes of at least 4 members (excludes halogenated alkanes) is 3. The number of benzene rings is 2. The molecule has 3 rings (SSSR count). The van der Waals surface area contributed by atoms with Gasteiger partial charge in [0.15, 0.2) is 4.90 Å². The number of carbonyl (C=O) groups excluding carboxylic acids is 1. The lowest BCUT2D eigenvalue weighted by molar-refractivity contribution is 0.0696. The predicted molar refractivity (Wildman–Crippen MR) is 136 cm³/mol. The van der Waals surface area contributed by atoms with Crippen molar-refractivity contribution in [3.8, 4) is 0 Å². The molecule has 0 fully saturated rings. The van der Waals surface area contributed by atoms with Crippen LogP contribution in [0.15, 0.2) is 65.7 Å². The summed E-state index contributed by atoms with van der Waals surface area (Å²) in [6.45, 7) is 2.10. The first-order valence-corrected chi connectivity index (χ1v) is 12.8. The number of aromatic carboxylic acids is 1. The van der Waals surface area contributed by atoms with E-state index in [0.29, 0.717) is 15.7 Å². The number of carboxylic acid groups (broad SMARTS) is 1. The van der Waals surface area contributed by atoms with Gasteiger partial charge in [0.05, 0.1) is 17.4 Å². The molecule has 1 heterocycles. The van der Waals surface area contributed by atoms with E-state index in [-0.39, 0.29) is 16.8 Å². The number of carbonyl (C=O) groups is 2. The third kappa shape index (κ3) is 6.59. The summed E-state index contributed by atoms with van der Waals surface area (Å²) in [4.78, 5) is 31.3. The smallest absolute Gasteiger partial charge is 0.335 e. The number of hydrogen-bond donors (Lipinski definition) is 1. The van der Waals surface area contributed by atoms with Crippen LogP contribution in [0.4, 0.5) is 11.4 Å². The van der Waals surface area contributed by atoms with Crippen LogP contribution in [0.1, 0.15) is 59.0 Å². The molecule has 8 heteroatoms. The van der Waals surface area contributed by atoms with Crippen LogP contribution >= 0.6 is 11.6 Å². The molecule has 1 aromatic heterocycles. The quantitative estimate of drug-likeness (QED) is 0.194. The second-order valence-corrected chi connectivity index (χ2v) is 9.93. The average molecular weight is 499 g/mol. The van der Waals surface area contributed by atoms with Gasteiger partial charge in [0.2, 0.25) is 5.78 Å². The molecular weight excluding hydrogens is 472 g/mol. The number of anilines is 2. The van der Waals surface area contributed by atoms with Gasteiger partial charge in [-0.05, 0) is 66.5 Å². The Hall–Kier alpha value is -2.87. The molecule has 178 valence electrons. The van der Waals surface area contributed by atoms with E-state index in [9.17, 15) is 19.2 Å². The van der Waals surface area contributed by atoms with Gasteiger partial charge in [-0.1, -0.05) is 31.4 Å². The molecule has 0 aliphatic heterocycles. The topological polar surface area (TPSA) is 93.6 Å². The molecular formula is C26H27ClN2O4S. The van der Waals surface area contributed by atoms with Crippen molar-refractivity contribution in [2.24, 2.45) is 0 Å². The van der Waals surface area contributed by atoms with E-state index in [1.54, 1.807) is 30.5 Å². The van der Waals surface area contributed by atoms with Crippen molar-refractivity contribution < 1.29 is 19.2 Å². The second kappa shape index (κ2) is 12.0. The second-order valence-electron chi connectivity index (χ2n) is 7.93. The molecule has 0 radical (unpaired) electrons. The Labute approximate surface area is 207 Å². The van der Waals surface area contributed by atoms with E-state index >= 15 is 0 Å². The Morgan fingerprint density at radius 3 is 2.29 bits per heavy atom. The minimum atomic E-state index is -1.38. The van der Waals surface area contributed by atoms with Crippen LogP contribution < -0.4 is 4.90 Å². The standard InChI is InChI=1S/C26H27ClN2O4S/c1-3-4-5-6-13-34(33)23-15-18(14-19(16-23)26(31)32)25(30)24-12-11-22(17-28-24)29(2)21-9-7-20(27)8-10-21/h7-12,14-17H,3-6,13H2,1-2H3,(H,31,32). The van der Waals surface area contributed by atoms with Crippen LogP contribution in [-0.4, -0.2) is 39.2 Å². The van der Waals surface area contributed by atoms with Crippen molar-refractivity contribution in [2.75, 3.05) is 17.7 Å². The molecule has 0 saturated carbocycles. The van der Waals surface area contributed by atoms with Crippen molar-refractivity contribution in [1.29, 1.82) is 0 Å². The number of carboxylic acids is 1. The van der Waals surface area contributed by atoms with Gasteiger partial charge in [0, 0.05) is 35.5 Å². The molecule has 0 aliphatic rings. The summed E-state index contributed by atoms with van der Waals surface area (Å²) in [6, 6.07) is 14.9. The highest BCUT2D eigenvalue weighted by Gasteiger charge is 2.20. The van der Waals surface area contributed by atoms with Crippen molar-refractivity contribution >= 4 is 45.9 Å². The third-order valence-corrected chi connectivity index (χ3v) is 7.12. The SMILES string of the molecule is CCCCCC[S+]([O-])c1cc(C(=O)O)cc(C(=O)c2ccc(N(C)c3ccc(Cl)cc3)cn2)c1. The lowest BCUT2D eigenvalue weighted by Gasteiger charge is -2.19. The van der Waals surface area contributed by atoms with Crippen LogP contribution in [0.3, 0.4) is 0 Å². The molecule has 0 aliphatic carbocycles. The minimum Gasteiger partial charge on any atom is -0.611 e. The summed E-state index contributed by atoms with van der Waals surface area (Å²) < 4.78 is 12.7. The summed E-state index contributed by atoms with van der Waals surface area (Å²) in [7, 11) is 1.88. The maximum atomic E-state index is 13.1. The lowest BCUT2D eigenvalue weighted by atomic mass is 10.0. The zero-order valence-electron chi connectivity index (χ0n) is 19.2. The maximum absolute atomic E-state index is 13.1. The van der Waals surface area contributed by atoms with E-state index in [1.807, 2.05) is 24.1 Å². The van der Waals surface area contributed by atoms with Gasteiger partial charge in [0.25, 0.3) is 0 Å². The molecule has 0 bridgehead atoms. The molecule has 0 amide bonds. The minimum absolute atomic E-state index is 0.0677. The van der Waals surface area contributed by atoms with Crippen molar-refractivity contribution in [3.63, 3.8) is 0 Å². The zero-order chi connectivity index (χ0) is 24.7. The van der Waals surface area contributed by atoms with Gasteiger partial charge < -0.3 is 14.6 Å². The number of ketones is 1. The highest BCUT2D eigenvalue weighted by atomic mass is 35.5. The number of halogens is 1. The van der Waals surface area contributed by atoms with Gasteiger partial charge in [-0.3, -0.25) is 9.78 Å². The Morgan fingerprint density at radius 1 is 1.00 bits per heavy atom. The largest absolute Gasteiger partial charge is 0.611 e. The van der Waals surface area contributed by atoms with E-state index in [1.165, 1.54) is 18.2 Å². The molecule has 0 spiro atoms. The van der Waals surface area contributed by atoms with Crippen molar-refractivity contribution in [2.45, 2.75) is 37.5 Å². The summed E-state index contributed by atoms with van der Waals surface area (Å²) >= 11 is 4.57. The zero-order valence-corrected chi connectivity index (χ0v) is 20.7. The number of pyridine rings is 1. The lowest BCUT2D eigenvalue weighted by Crippen LogP contribution is -2.13. The van der Waals surface area contributed by atoms with Gasteiger partial charge >= 0.3 is 5.97 Å². The molecule has 1 unspecified atom stereocenters. The van der Waals surface area contributed by atoms with Crippen LogP contribution in [0.5, 0.6) is 0 Å². The molecule has 34 heavy (non-hydrogen) atoms. The summed E-state index contributed by atoms with van der Waals surface area (Å²) in [5.41, 5.74) is 1.94. The van der Waals surface area contributed by atoms with Crippen LogP contribution in [0.2, 0.25) is 5.02 Å². The monoisotopic (exact) mass is 498 g/mol. The third-order valence-electron chi connectivity index (χ3n) is 5.44. The number of hydrogen-bond acceptors (Lipinski definition) is 5. The Morgan fingerprint density at radius 2 is 1.68 bits per heavy atom. The summed E-state index contributed by atoms with van der Waals surface area (Å²) in [6.07, 6.45) is 5.46. The van der Waals surface area contributed by atoms with Gasteiger partial charge in [-0.2, -0.15) is 0 Å². The fourth-order valence-electron chi connectivity index (χ4n) is 3.44. The van der Waals surface area contributed by atoms with Gasteiger partial charge in [-0.15, -0.1) is 0 Å². The van der Waals surface area contributed by atoms with Crippen LogP contribution in [0, 0.1) is 0 Å². The molecule has 1 N–H and O–H groups in total. The van der Waals surface area contributed by atoms with E-state index < -0.39 is 22.9 Å². The highest BCUT2D eigenvalue weighted by molar-refractivity contribution is 7.91. The molecule has 2 aromatic carbocycles. The fraction of sp³-hybridized carbons (Fsp3) is 0.269. The van der Waals surface area contributed by atoms with Crippen molar-refractivity contribution in [3.05, 3.63) is 82.6 Å². The molecule has 0 saturated heterocycles. The number of aromatic nitrogens is 1. The highest BCUT2D eigenvalue weighted by Crippen LogP contribution is 2.25. The van der Waals surface area contributed by atoms with E-state index in [0.717, 1.165) is 37.1 Å². The average Bonchev–Trinajstić information content (AvgIpc) is 2.86. The van der Waals surface area contributed by atoms with Crippen LogP contribution in [0.25, 0.3) is 0 Å². The number of nitrogens with zero attached hydrogens (tertiary/aromatic N) is 2. The Bertz CT molecular complexity index is 1140. The van der Waals surface area contributed by atoms with Gasteiger partial charge in [-0.25, -0.2) is 4.79 Å².